The van der Waals surface area contributed by atoms with E-state index in [1.807, 2.05) is 5.92 Å². The Hall–Kier alpha value is -3.58. The molecule has 1 rings (SSSR count). The van der Waals surface area contributed by atoms with Crippen LogP contribution >= 0.6 is 37.0 Å². The lowest BCUT2D eigenvalue weighted by Gasteiger charge is -2.44. The van der Waals surface area contributed by atoms with Crippen LogP contribution in [-0.4, -0.2) is 108 Å². The van der Waals surface area contributed by atoms with Gasteiger partial charge < -0.3 is 49.3 Å². The number of unbranched alkanes of at least 4 members (excludes halogenated alkanes) is 12. The summed E-state index contributed by atoms with van der Waals surface area (Å²) in [4.78, 5) is 72.4. The van der Waals surface area contributed by atoms with Crippen molar-refractivity contribution in [2.45, 2.75) is 140 Å². The van der Waals surface area contributed by atoms with Gasteiger partial charge in [-0.1, -0.05) is 84.0 Å². The van der Waals surface area contributed by atoms with Gasteiger partial charge in [-0.3, -0.25) is 22.9 Å². The maximum Gasteiger partial charge on any atom is 0.472 e. The Labute approximate surface area is 393 Å². The monoisotopic (exact) mass is 988 g/mol. The maximum atomic E-state index is 13.0. The number of carbonyl (C=O) groups excluding carboxylic acids is 2. The van der Waals surface area contributed by atoms with Crippen LogP contribution in [0.15, 0.2) is 0 Å². The Morgan fingerprint density at radius 1 is 0.587 bits per heavy atom. The molecule has 1 saturated carbocycles. The van der Waals surface area contributed by atoms with Crippen molar-refractivity contribution in [1.29, 1.82) is 0 Å². The maximum absolute atomic E-state index is 13.0. The fourth-order valence-corrected chi connectivity index (χ4v) is 7.56. The van der Waals surface area contributed by atoms with E-state index in [-0.39, 0.29) is 38.5 Å². The Morgan fingerprint density at radius 3 is 1.46 bits per heavy atom. The third-order valence-corrected chi connectivity index (χ3v) is 10.3. The van der Waals surface area contributed by atoms with Gasteiger partial charge in [0.15, 0.2) is 6.10 Å². The van der Waals surface area contributed by atoms with Gasteiger partial charge in [-0.25, -0.2) is 18.5 Å². The summed E-state index contributed by atoms with van der Waals surface area (Å²) in [5.74, 6) is 27.6. The van der Waals surface area contributed by atoms with Crippen LogP contribution in [0.3, 0.4) is 0 Å². The van der Waals surface area contributed by atoms with E-state index in [2.05, 4.69) is 87.0 Å². The van der Waals surface area contributed by atoms with Crippen molar-refractivity contribution < 1.29 is 109 Å². The highest BCUT2D eigenvalue weighted by atomic mass is 32.1. The van der Waals surface area contributed by atoms with Crippen molar-refractivity contribution in [1.82, 2.24) is 0 Å². The van der Waals surface area contributed by atoms with Crippen LogP contribution in [0, 0.1) is 83.4 Å². The van der Waals surface area contributed by atoms with Gasteiger partial charge in [0.2, 0.25) is 0 Å². The average molecular weight is 989 g/mol. The lowest BCUT2D eigenvalue weighted by molar-refractivity contribution is -0.213. The number of terminal acetylenes is 1. The largest absolute Gasteiger partial charge is 0.472 e. The van der Waals surface area contributed by atoms with E-state index < -0.39 is 91.3 Å². The van der Waals surface area contributed by atoms with Crippen molar-refractivity contribution in [2.75, 3.05) is 13.2 Å². The first kappa shape index (κ1) is 59.4. The third kappa shape index (κ3) is 29.5. The summed E-state index contributed by atoms with van der Waals surface area (Å²) in [6.45, 7) is 0.353. The van der Waals surface area contributed by atoms with Crippen LogP contribution in [0.5, 0.6) is 0 Å². The summed E-state index contributed by atoms with van der Waals surface area (Å²) in [6.07, 6.45) is 1.86. The molecule has 0 spiro atoms. The molecule has 19 nitrogen and oxygen atoms in total. The second-order valence-corrected chi connectivity index (χ2v) is 17.1. The van der Waals surface area contributed by atoms with E-state index in [1.165, 1.54) is 44.9 Å². The van der Waals surface area contributed by atoms with Gasteiger partial charge in [0.05, 0.1) is 6.61 Å². The predicted octanol–water partition coefficient (Wildman–Crippen LogP) is 5.44. The lowest BCUT2D eigenvalue weighted by atomic mass is 9.85. The van der Waals surface area contributed by atoms with Crippen molar-refractivity contribution >= 4 is 48.9 Å². The van der Waals surface area contributed by atoms with E-state index in [0.717, 1.165) is 25.7 Å². The van der Waals surface area contributed by atoms with E-state index in [0.29, 0.717) is 12.8 Å². The molecule has 0 radical (unpaired) electrons. The Kier molecular flexibility index (Phi) is 31.1. The molecule has 1 fully saturated rings. The number of carbonyl (C=O) groups is 2. The van der Waals surface area contributed by atoms with E-state index in [9.17, 15) is 63.1 Å². The molecule has 8 atom stereocenters. The van der Waals surface area contributed by atoms with Crippen LogP contribution in [-0.2, 0) is 50.9 Å². The van der Waals surface area contributed by atoms with Crippen LogP contribution < -0.4 is 0 Å². The lowest BCUT2D eigenvalue weighted by Crippen LogP contribution is -2.65. The van der Waals surface area contributed by atoms with Crippen LogP contribution in [0.4, 0.5) is 0 Å². The van der Waals surface area contributed by atoms with Gasteiger partial charge in [-0.15, -0.1) is 6.42 Å². The van der Waals surface area contributed by atoms with Crippen molar-refractivity contribution in [2.24, 2.45) is 0 Å². The van der Waals surface area contributed by atoms with E-state index in [4.69, 9.17) is 24.9 Å². The first-order valence-electron chi connectivity index (χ1n) is 19.3. The smallest absolute Gasteiger partial charge is 0.456 e. The molecule has 0 bridgehead atoms. The van der Waals surface area contributed by atoms with E-state index in [1.54, 1.807) is 0 Å². The number of rotatable bonds is 26. The minimum atomic E-state index is -5.63. The van der Waals surface area contributed by atoms with Gasteiger partial charge >= 0.3 is 35.4 Å². The topological polar surface area (TPSA) is 303 Å². The second-order valence-electron chi connectivity index (χ2n) is 13.3. The van der Waals surface area contributed by atoms with Gasteiger partial charge in [-0.05, 0) is 77.5 Å². The molecule has 0 saturated heterocycles. The number of ether oxygens (including phenoxy) is 2. The van der Waals surface area contributed by atoms with E-state index >= 15 is 0 Å². The molecular weight excluding hydrogens is 909 g/mol. The molecular formula is C40H79O19P3S. The second kappa shape index (κ2) is 33.0. The quantitative estimate of drug-likeness (QED) is 0.0176. The Bertz CT molecular complexity index is 2080. The van der Waals surface area contributed by atoms with Crippen LogP contribution in [0.1, 0.15) is 115 Å². The highest BCUT2D eigenvalue weighted by Crippen LogP contribution is 2.51. The summed E-state index contributed by atoms with van der Waals surface area (Å²) in [6, 6.07) is 0. The van der Waals surface area contributed by atoms with Gasteiger partial charge in [-0.2, -0.15) is 13.5 Å². The van der Waals surface area contributed by atoms with Crippen LogP contribution in [0.25, 0.3) is 0 Å². The fourth-order valence-electron chi connectivity index (χ4n) is 5.47. The van der Waals surface area contributed by atoms with Gasteiger partial charge in [0, 0.05) is 30.9 Å². The standard InChI is InChI=1S/C40H51O19P3.H2S.13H2/c1-3-5-7-9-11-13-15-17-19-21-23-25-27-29-34(42)56-32(30-54-33(41)28-26-24-22-20-18-16-14-12-10-8-6-4-2)31-55-62(52,53)59-38-35(43)36(44)39(57-60(46,47)48)40(37(38)45)58-61(49,50)51;;;;;;;;;;;;;;/h2,32,35-40,43-45H,3,5,7,9,11,13,15,17,19,21,23,25,27,29-31H2,1H3,(H,52,53)(H2,46,47,48)(H2,49,50,51);1H2;13*1H/t32-,35?,36-,37+,38?,39?,40+;;;;;;;;;;;;;;/m1............../s1. The zero-order chi connectivity index (χ0) is 46.4. The number of aliphatic hydroxyl groups is 3. The number of hydrogen-bond acceptors (Lipinski definition) is 14. The molecule has 1 aliphatic carbocycles. The summed E-state index contributed by atoms with van der Waals surface area (Å²) >= 11 is 0. The Morgan fingerprint density at radius 2 is 1.00 bits per heavy atom. The van der Waals surface area contributed by atoms with Gasteiger partial charge in [0.1, 0.15) is 43.2 Å². The molecule has 8 N–H and O–H groups in total. The summed E-state index contributed by atoms with van der Waals surface area (Å²) in [5, 5.41) is 31.7. The van der Waals surface area contributed by atoms with Gasteiger partial charge in [0.25, 0.3) is 0 Å². The molecule has 0 aromatic carbocycles. The molecule has 63 heavy (non-hydrogen) atoms. The Balaban J connectivity index is -0.000000229. The molecule has 374 valence electrons. The molecule has 0 aliphatic heterocycles. The highest BCUT2D eigenvalue weighted by Gasteiger charge is 2.56. The summed E-state index contributed by atoms with van der Waals surface area (Å²) in [5.41, 5.74) is 0. The summed E-state index contributed by atoms with van der Waals surface area (Å²) < 4.78 is 64.5. The molecule has 0 amide bonds. The number of phosphoric acid groups is 3. The fraction of sp³-hybridized carbons (Fsp3) is 0.600. The third-order valence-electron chi connectivity index (χ3n) is 8.26. The zero-order valence-electron chi connectivity index (χ0n) is 34.3. The molecule has 0 aromatic rings. The minimum Gasteiger partial charge on any atom is -0.456 e. The number of aliphatic hydroxyl groups excluding tert-OH is 3. The molecule has 1 aliphatic rings. The number of phosphoric ester groups is 3. The zero-order valence-corrected chi connectivity index (χ0v) is 38.0. The molecule has 0 heterocycles. The molecule has 4 unspecified atom stereocenters. The average Bonchev–Trinajstić information content (AvgIpc) is 3.19. The van der Waals surface area contributed by atoms with Crippen LogP contribution in [0.2, 0.25) is 0 Å². The normalized spacial score (nSPS) is 20.3. The minimum absolute atomic E-state index is 0. The highest BCUT2D eigenvalue weighted by molar-refractivity contribution is 7.59. The predicted molar refractivity (Wildman–Crippen MR) is 257 cm³/mol. The van der Waals surface area contributed by atoms with Crippen molar-refractivity contribution in [3.8, 4) is 83.4 Å². The van der Waals surface area contributed by atoms with Crippen molar-refractivity contribution in [3.63, 3.8) is 0 Å². The molecule has 0 aromatic heterocycles. The summed E-state index contributed by atoms with van der Waals surface area (Å²) in [7, 11) is -16.7. The van der Waals surface area contributed by atoms with Crippen molar-refractivity contribution in [3.05, 3.63) is 0 Å². The molecule has 23 heteroatoms. The SMILES string of the molecule is C#CC#CC#CC#CC#CC#CC#CC(=O)OC[C@H](COP(=O)(O)OC1C(O)[C@@H](O)C(OP(=O)(O)O)[C@@H](OP(=O)(O)O)[C@H]1O)OC(=O)CCCCCCCCCCCCCCC.S.[HH].[HH].[HH].[HH].[HH].[HH].[HH].[HH].[HH].[HH].[HH].[HH].[HH]. The first-order chi connectivity index (χ1) is 29.3. The first-order valence-corrected chi connectivity index (χ1v) is 23.9. The number of esters is 2. The number of hydrogen-bond donors (Lipinski definition) is 8.